The van der Waals surface area contributed by atoms with Crippen molar-refractivity contribution in [2.24, 2.45) is 0 Å². The summed E-state index contributed by atoms with van der Waals surface area (Å²) < 4.78 is 8.46. The van der Waals surface area contributed by atoms with Crippen molar-refractivity contribution in [2.45, 2.75) is 146 Å². The minimum absolute atomic E-state index is 0.0413. The molecule has 0 atom stereocenters. The topological polar surface area (TPSA) is 78.9 Å². The first-order valence-electron chi connectivity index (χ1n) is 19.1. The summed E-state index contributed by atoms with van der Waals surface area (Å²) >= 11 is 1.75. The second kappa shape index (κ2) is 28.5. The summed E-state index contributed by atoms with van der Waals surface area (Å²) in [5, 5.41) is 9.58. The normalized spacial score (nSPS) is 13.5. The van der Waals surface area contributed by atoms with E-state index in [0.717, 1.165) is 56.7 Å². The number of rotatable bonds is 26. The molecule has 1 heterocycles. The molecule has 48 heavy (non-hydrogen) atoms. The van der Waals surface area contributed by atoms with Gasteiger partial charge in [0.25, 0.3) is 5.91 Å². The zero-order valence-corrected chi connectivity index (χ0v) is 31.1. The van der Waals surface area contributed by atoms with Crippen molar-refractivity contribution in [1.29, 1.82) is 0 Å². The third kappa shape index (κ3) is 19.0. The highest BCUT2D eigenvalue weighted by molar-refractivity contribution is 7.97. The molecule has 0 unspecified atom stereocenters. The zero-order chi connectivity index (χ0) is 34.5. The van der Waals surface area contributed by atoms with E-state index in [0.29, 0.717) is 17.8 Å². The second-order valence-electron chi connectivity index (χ2n) is 13.1. The number of ether oxygens (including phenoxy) is 1. The first-order valence-corrected chi connectivity index (χ1v) is 19.9. The van der Waals surface area contributed by atoms with Crippen LogP contribution in [-0.4, -0.2) is 55.0 Å². The number of piperidine rings is 1. The van der Waals surface area contributed by atoms with Crippen molar-refractivity contribution >= 4 is 24.1 Å². The Morgan fingerprint density at radius 3 is 1.71 bits per heavy atom. The number of aliphatic hydroxyl groups is 1. The standard InChI is InChI=1S/C40H62N2O3S.CH4O/c1-2-3-4-5-6-7-8-9-10-11-12-13-14-15-16-17-18-19-34-45-38-24-20-35(21-25-38)36-28-31-42(32-29-36)46-39-26-22-37(23-27-39)40(44)41-30-33-43;1-2/h20-27,33,36H,2-19,28-32,34H2,1H3,(H,41,44);2H,1H3. The van der Waals surface area contributed by atoms with Crippen molar-refractivity contribution < 1.29 is 19.4 Å². The predicted octanol–water partition coefficient (Wildman–Crippen LogP) is 10.5. The Hall–Kier alpha value is -2.35. The molecule has 2 N–H and O–H groups in total. The fraction of sp³-hybridized carbons (Fsp3) is 0.659. The minimum Gasteiger partial charge on any atom is -0.494 e. The molecule has 270 valence electrons. The molecular weight excluding hydrogens is 617 g/mol. The van der Waals surface area contributed by atoms with Gasteiger partial charge in [-0.1, -0.05) is 128 Å². The van der Waals surface area contributed by atoms with E-state index in [9.17, 15) is 9.59 Å². The predicted molar refractivity (Wildman–Crippen MR) is 203 cm³/mol. The van der Waals surface area contributed by atoms with E-state index in [1.54, 1.807) is 11.9 Å². The lowest BCUT2D eigenvalue weighted by Gasteiger charge is -2.31. The van der Waals surface area contributed by atoms with Crippen LogP contribution in [0.2, 0.25) is 0 Å². The van der Waals surface area contributed by atoms with Gasteiger partial charge in [-0.3, -0.25) is 4.79 Å². The highest BCUT2D eigenvalue weighted by atomic mass is 32.2. The Kier molecular flexibility index (Phi) is 24.8. The molecule has 0 saturated carbocycles. The molecule has 1 fully saturated rings. The Bertz CT molecular complexity index is 1060. The van der Waals surface area contributed by atoms with Gasteiger partial charge in [0.1, 0.15) is 12.0 Å². The lowest BCUT2D eigenvalue weighted by molar-refractivity contribution is -0.107. The maximum absolute atomic E-state index is 12.0. The number of carbonyl (C=O) groups excluding carboxylic acids is 2. The first-order chi connectivity index (χ1) is 23.7. The Labute approximate surface area is 297 Å². The summed E-state index contributed by atoms with van der Waals surface area (Å²) in [6, 6.07) is 16.4. The number of nitrogens with zero attached hydrogens (tertiary/aromatic N) is 1. The van der Waals surface area contributed by atoms with Gasteiger partial charge in [-0.05, 0) is 79.1 Å². The molecule has 0 aliphatic carbocycles. The number of benzene rings is 2. The zero-order valence-electron chi connectivity index (χ0n) is 30.3. The van der Waals surface area contributed by atoms with Gasteiger partial charge < -0.3 is 20.0 Å². The van der Waals surface area contributed by atoms with Crippen molar-refractivity contribution in [3.8, 4) is 5.75 Å². The van der Waals surface area contributed by atoms with E-state index in [4.69, 9.17) is 9.84 Å². The quantitative estimate of drug-likeness (QED) is 0.0584. The highest BCUT2D eigenvalue weighted by Gasteiger charge is 2.21. The maximum Gasteiger partial charge on any atom is 0.251 e. The molecule has 1 aliphatic heterocycles. The van der Waals surface area contributed by atoms with Gasteiger partial charge in [0.2, 0.25) is 0 Å². The van der Waals surface area contributed by atoms with E-state index in [1.165, 1.54) is 115 Å². The molecule has 6 nitrogen and oxygen atoms in total. The molecule has 2 aromatic rings. The summed E-state index contributed by atoms with van der Waals surface area (Å²) in [5.41, 5.74) is 1.99. The van der Waals surface area contributed by atoms with Crippen LogP contribution in [0.1, 0.15) is 157 Å². The number of aliphatic hydroxyl groups excluding tert-OH is 1. The number of amides is 1. The lowest BCUT2D eigenvalue weighted by atomic mass is 9.90. The third-order valence-electron chi connectivity index (χ3n) is 9.27. The van der Waals surface area contributed by atoms with Gasteiger partial charge in [0.05, 0.1) is 13.2 Å². The number of nitrogens with one attached hydrogen (secondary N) is 1. The largest absolute Gasteiger partial charge is 0.494 e. The van der Waals surface area contributed by atoms with Crippen LogP contribution in [0.25, 0.3) is 0 Å². The van der Waals surface area contributed by atoms with Crippen LogP contribution in [0, 0.1) is 0 Å². The SMILES string of the molecule is CCCCCCCCCCCCCCCCCCCCOc1ccc(C2CCN(Sc3ccc(C(=O)NCC=O)cc3)CC2)cc1.CO. The molecule has 0 spiro atoms. The molecule has 1 saturated heterocycles. The Morgan fingerprint density at radius 2 is 1.23 bits per heavy atom. The number of hydrogen-bond acceptors (Lipinski definition) is 6. The van der Waals surface area contributed by atoms with E-state index in [1.807, 2.05) is 24.3 Å². The van der Waals surface area contributed by atoms with Crippen LogP contribution >= 0.6 is 11.9 Å². The van der Waals surface area contributed by atoms with Crippen LogP contribution < -0.4 is 10.1 Å². The molecule has 3 rings (SSSR count). The molecule has 1 aliphatic rings. The average Bonchev–Trinajstić information content (AvgIpc) is 3.13. The smallest absolute Gasteiger partial charge is 0.251 e. The van der Waals surface area contributed by atoms with Crippen molar-refractivity contribution in [3.63, 3.8) is 0 Å². The molecule has 0 bridgehead atoms. The van der Waals surface area contributed by atoms with Crippen molar-refractivity contribution in [3.05, 3.63) is 59.7 Å². The molecule has 7 heteroatoms. The van der Waals surface area contributed by atoms with Gasteiger partial charge in [-0.15, -0.1) is 0 Å². The number of unbranched alkanes of at least 4 members (excludes halogenated alkanes) is 17. The summed E-state index contributed by atoms with van der Waals surface area (Å²) in [7, 11) is 1.00. The van der Waals surface area contributed by atoms with Gasteiger partial charge in [-0.25, -0.2) is 4.31 Å². The Morgan fingerprint density at radius 1 is 0.750 bits per heavy atom. The molecule has 0 aromatic heterocycles. The van der Waals surface area contributed by atoms with Crippen LogP contribution in [0.3, 0.4) is 0 Å². The van der Waals surface area contributed by atoms with Crippen LogP contribution in [0.4, 0.5) is 0 Å². The lowest BCUT2D eigenvalue weighted by Crippen LogP contribution is -2.27. The van der Waals surface area contributed by atoms with Gasteiger partial charge >= 0.3 is 0 Å². The van der Waals surface area contributed by atoms with Gasteiger partial charge in [0.15, 0.2) is 0 Å². The fourth-order valence-electron chi connectivity index (χ4n) is 6.36. The van der Waals surface area contributed by atoms with E-state index < -0.39 is 0 Å². The maximum atomic E-state index is 12.0. The number of carbonyl (C=O) groups is 2. The van der Waals surface area contributed by atoms with Crippen molar-refractivity contribution in [2.75, 3.05) is 33.4 Å². The fourth-order valence-corrected chi connectivity index (χ4v) is 7.31. The summed E-state index contributed by atoms with van der Waals surface area (Å²) in [6.07, 6.45) is 28.1. The second-order valence-corrected chi connectivity index (χ2v) is 14.3. The molecular formula is C41H66N2O4S. The minimum atomic E-state index is -0.216. The van der Waals surface area contributed by atoms with E-state index in [2.05, 4.69) is 40.8 Å². The van der Waals surface area contributed by atoms with Gasteiger partial charge in [0, 0.05) is 30.7 Å². The van der Waals surface area contributed by atoms with Crippen LogP contribution in [0.15, 0.2) is 53.4 Å². The number of hydrogen-bond donors (Lipinski definition) is 2. The van der Waals surface area contributed by atoms with E-state index in [-0.39, 0.29) is 12.5 Å². The molecule has 2 aromatic carbocycles. The van der Waals surface area contributed by atoms with Crippen molar-refractivity contribution in [1.82, 2.24) is 9.62 Å². The third-order valence-corrected chi connectivity index (χ3v) is 10.4. The highest BCUT2D eigenvalue weighted by Crippen LogP contribution is 2.34. The van der Waals surface area contributed by atoms with Crippen LogP contribution in [-0.2, 0) is 4.79 Å². The number of aldehydes is 1. The summed E-state index contributed by atoms with van der Waals surface area (Å²) in [5.74, 6) is 1.36. The molecule has 1 amide bonds. The monoisotopic (exact) mass is 682 g/mol. The Balaban J connectivity index is 0.00000392. The summed E-state index contributed by atoms with van der Waals surface area (Å²) in [6.45, 7) is 5.22. The average molecular weight is 683 g/mol. The molecule has 0 radical (unpaired) electrons. The summed E-state index contributed by atoms with van der Waals surface area (Å²) in [4.78, 5) is 23.6. The van der Waals surface area contributed by atoms with Gasteiger partial charge in [-0.2, -0.15) is 0 Å². The van der Waals surface area contributed by atoms with Crippen LogP contribution in [0.5, 0.6) is 5.75 Å². The first kappa shape index (κ1) is 41.8. The van der Waals surface area contributed by atoms with E-state index >= 15 is 0 Å².